The second-order valence-electron chi connectivity index (χ2n) is 8.21. The number of unbranched alkanes of at least 4 members (excludes halogenated alkanes) is 4. The molecule has 0 spiro atoms. The van der Waals surface area contributed by atoms with Gasteiger partial charge in [-0.15, -0.1) is 0 Å². The van der Waals surface area contributed by atoms with Crippen LogP contribution in [0.2, 0.25) is 0 Å². The molecule has 0 bridgehead atoms. The van der Waals surface area contributed by atoms with Gasteiger partial charge in [0.2, 0.25) is 11.8 Å². The van der Waals surface area contributed by atoms with E-state index < -0.39 is 28.7 Å². The van der Waals surface area contributed by atoms with E-state index in [0.29, 0.717) is 12.2 Å². The molecule has 1 fully saturated rings. The van der Waals surface area contributed by atoms with Crippen molar-refractivity contribution < 1.29 is 27.2 Å². The lowest BCUT2D eigenvalue weighted by Crippen LogP contribution is -2.45. The molecular weight excluding hydrogens is 482 g/mol. The molecular formula is C25H27F4N3O2S. The summed E-state index contributed by atoms with van der Waals surface area (Å²) in [6, 6.07) is 9.77. The van der Waals surface area contributed by atoms with Gasteiger partial charge in [-0.05, 0) is 48.9 Å². The van der Waals surface area contributed by atoms with Crippen LogP contribution >= 0.6 is 11.8 Å². The summed E-state index contributed by atoms with van der Waals surface area (Å²) < 4.78 is 52.6. The van der Waals surface area contributed by atoms with E-state index in [2.05, 4.69) is 17.2 Å². The van der Waals surface area contributed by atoms with Gasteiger partial charge < -0.3 is 5.32 Å². The highest BCUT2D eigenvalue weighted by Crippen LogP contribution is 2.34. The van der Waals surface area contributed by atoms with E-state index >= 15 is 0 Å². The molecule has 188 valence electrons. The zero-order valence-electron chi connectivity index (χ0n) is 19.3. The number of carbonyl (C=O) groups is 2. The van der Waals surface area contributed by atoms with E-state index in [9.17, 15) is 27.2 Å². The normalized spacial score (nSPS) is 17.6. The summed E-state index contributed by atoms with van der Waals surface area (Å²) in [7, 11) is 0. The Kier molecular flexibility index (Phi) is 9.31. The number of rotatable bonds is 9. The molecule has 5 nitrogen and oxygen atoms in total. The van der Waals surface area contributed by atoms with Crippen LogP contribution in [0.25, 0.3) is 0 Å². The van der Waals surface area contributed by atoms with Gasteiger partial charge in [-0.3, -0.25) is 14.5 Å². The maximum atomic E-state index is 13.2. The van der Waals surface area contributed by atoms with Crippen molar-refractivity contribution >= 4 is 40.1 Å². The molecule has 35 heavy (non-hydrogen) atoms. The molecule has 0 radical (unpaired) electrons. The van der Waals surface area contributed by atoms with Crippen molar-refractivity contribution in [1.29, 1.82) is 0 Å². The standard InChI is InChI=1S/C25H27F4N3O2S/c1-2-3-4-5-6-14-32-22(33)16-21(23(34)30-19-12-10-18(26)11-13-19)35-24(32)31-20-9-7-8-17(15-20)25(27,28)29/h7-13,15,21H,2-6,14,16H2,1H3,(H,30,34). The van der Waals surface area contributed by atoms with Crippen molar-refractivity contribution in [3.63, 3.8) is 0 Å². The number of nitrogens with one attached hydrogen (secondary N) is 1. The highest BCUT2D eigenvalue weighted by atomic mass is 32.2. The minimum absolute atomic E-state index is 0.0469. The number of amides is 2. The number of benzene rings is 2. The third-order valence-corrected chi connectivity index (χ3v) is 6.62. The van der Waals surface area contributed by atoms with Crippen molar-refractivity contribution in [1.82, 2.24) is 4.90 Å². The fourth-order valence-electron chi connectivity index (χ4n) is 3.55. The lowest BCUT2D eigenvalue weighted by atomic mass is 10.1. The monoisotopic (exact) mass is 509 g/mol. The Morgan fingerprint density at radius 1 is 1.11 bits per heavy atom. The number of aliphatic imine (C=N–C) groups is 1. The van der Waals surface area contributed by atoms with Crippen LogP contribution in [-0.2, 0) is 15.8 Å². The summed E-state index contributed by atoms with van der Waals surface area (Å²) in [5, 5.41) is 2.02. The number of carbonyl (C=O) groups excluding carboxylic acids is 2. The van der Waals surface area contributed by atoms with Crippen molar-refractivity contribution in [2.75, 3.05) is 11.9 Å². The molecule has 1 aliphatic rings. The second kappa shape index (κ2) is 12.2. The minimum Gasteiger partial charge on any atom is -0.325 e. The lowest BCUT2D eigenvalue weighted by molar-refractivity contribution is -0.137. The van der Waals surface area contributed by atoms with Crippen LogP contribution in [0.3, 0.4) is 0 Å². The fraction of sp³-hybridized carbons (Fsp3) is 0.400. The van der Waals surface area contributed by atoms with E-state index in [1.807, 2.05) is 0 Å². The van der Waals surface area contributed by atoms with Crippen molar-refractivity contribution in [3.8, 4) is 0 Å². The maximum Gasteiger partial charge on any atom is 0.416 e. The molecule has 1 atom stereocenters. The number of alkyl halides is 3. The number of anilines is 1. The number of hydrogen-bond donors (Lipinski definition) is 1. The third-order valence-electron chi connectivity index (χ3n) is 5.43. The predicted molar refractivity (Wildman–Crippen MR) is 130 cm³/mol. The molecule has 2 aromatic carbocycles. The molecule has 2 aromatic rings. The van der Waals surface area contributed by atoms with Crippen molar-refractivity contribution in [2.45, 2.75) is 56.9 Å². The molecule has 1 saturated heterocycles. The van der Waals surface area contributed by atoms with Crippen LogP contribution in [0.15, 0.2) is 53.5 Å². The summed E-state index contributed by atoms with van der Waals surface area (Å²) >= 11 is 1.04. The first-order chi connectivity index (χ1) is 16.7. The highest BCUT2D eigenvalue weighted by Gasteiger charge is 2.36. The van der Waals surface area contributed by atoms with Gasteiger partial charge in [-0.2, -0.15) is 13.2 Å². The van der Waals surface area contributed by atoms with Gasteiger partial charge in [0, 0.05) is 18.7 Å². The lowest BCUT2D eigenvalue weighted by Gasteiger charge is -2.32. The zero-order chi connectivity index (χ0) is 25.4. The SMILES string of the molecule is CCCCCCCN1C(=O)CC(C(=O)Nc2ccc(F)cc2)SC1=Nc1cccc(C(F)(F)F)c1. The van der Waals surface area contributed by atoms with E-state index in [-0.39, 0.29) is 23.2 Å². The van der Waals surface area contributed by atoms with E-state index in [4.69, 9.17) is 0 Å². The molecule has 1 aliphatic heterocycles. The quantitative estimate of drug-likeness (QED) is 0.300. The average molecular weight is 510 g/mol. The van der Waals surface area contributed by atoms with Gasteiger partial charge in [-0.25, -0.2) is 9.38 Å². The van der Waals surface area contributed by atoms with Gasteiger partial charge in [-0.1, -0.05) is 50.4 Å². The number of nitrogens with zero attached hydrogens (tertiary/aromatic N) is 2. The maximum absolute atomic E-state index is 13.2. The Balaban J connectivity index is 1.82. The Bertz CT molecular complexity index is 1060. The van der Waals surface area contributed by atoms with Gasteiger partial charge in [0.05, 0.1) is 11.3 Å². The Morgan fingerprint density at radius 3 is 2.51 bits per heavy atom. The van der Waals surface area contributed by atoms with Gasteiger partial charge in [0.15, 0.2) is 5.17 Å². The highest BCUT2D eigenvalue weighted by molar-refractivity contribution is 8.15. The van der Waals surface area contributed by atoms with Crippen LogP contribution in [0, 0.1) is 5.82 Å². The molecule has 0 aliphatic carbocycles. The Hall–Kier alpha value is -2.88. The van der Waals surface area contributed by atoms with Gasteiger partial charge >= 0.3 is 6.18 Å². The van der Waals surface area contributed by atoms with E-state index in [1.165, 1.54) is 41.3 Å². The summed E-state index contributed by atoms with van der Waals surface area (Å²) in [4.78, 5) is 31.6. The molecule has 3 rings (SSSR count). The number of halogens is 4. The molecule has 1 N–H and O–H groups in total. The molecule has 1 unspecified atom stereocenters. The third kappa shape index (κ3) is 7.81. The first-order valence-electron chi connectivity index (χ1n) is 11.5. The molecule has 1 heterocycles. The first kappa shape index (κ1) is 26.7. The average Bonchev–Trinajstić information content (AvgIpc) is 2.81. The van der Waals surface area contributed by atoms with Crippen molar-refractivity contribution in [2.24, 2.45) is 4.99 Å². The molecule has 0 aromatic heterocycles. The van der Waals surface area contributed by atoms with Crippen LogP contribution < -0.4 is 5.32 Å². The van der Waals surface area contributed by atoms with Gasteiger partial charge in [0.1, 0.15) is 11.1 Å². The second-order valence-corrected chi connectivity index (χ2v) is 9.38. The Labute approximate surface area is 206 Å². The zero-order valence-corrected chi connectivity index (χ0v) is 20.1. The number of amidine groups is 1. The largest absolute Gasteiger partial charge is 0.416 e. The molecule has 10 heteroatoms. The number of thioether (sulfide) groups is 1. The predicted octanol–water partition coefficient (Wildman–Crippen LogP) is 6.78. The molecule has 0 saturated carbocycles. The Morgan fingerprint density at radius 2 is 1.83 bits per heavy atom. The number of hydrogen-bond acceptors (Lipinski definition) is 4. The van der Waals surface area contributed by atoms with E-state index in [0.717, 1.165) is 56.0 Å². The topological polar surface area (TPSA) is 61.8 Å². The van der Waals surface area contributed by atoms with Crippen LogP contribution in [0.4, 0.5) is 28.9 Å². The summed E-state index contributed by atoms with van der Waals surface area (Å²) in [5.74, 6) is -1.23. The summed E-state index contributed by atoms with van der Waals surface area (Å²) in [5.41, 5.74) is -0.423. The van der Waals surface area contributed by atoms with Crippen LogP contribution in [0.1, 0.15) is 51.0 Å². The molecule has 2 amide bonds. The van der Waals surface area contributed by atoms with Crippen molar-refractivity contribution in [3.05, 3.63) is 59.9 Å². The van der Waals surface area contributed by atoms with E-state index in [1.54, 1.807) is 0 Å². The minimum atomic E-state index is -4.53. The van der Waals surface area contributed by atoms with Gasteiger partial charge in [0.25, 0.3) is 0 Å². The fourth-order valence-corrected chi connectivity index (χ4v) is 4.68. The van der Waals surface area contributed by atoms with Crippen LogP contribution in [0.5, 0.6) is 0 Å². The summed E-state index contributed by atoms with van der Waals surface area (Å²) in [6.07, 6.45) is 0.212. The van der Waals surface area contributed by atoms with Crippen LogP contribution in [-0.4, -0.2) is 33.7 Å². The smallest absolute Gasteiger partial charge is 0.325 e. The first-order valence-corrected chi connectivity index (χ1v) is 12.3. The summed E-state index contributed by atoms with van der Waals surface area (Å²) in [6.45, 7) is 2.47.